The molecule has 3 nitrogen and oxygen atoms in total. The summed E-state index contributed by atoms with van der Waals surface area (Å²) in [5.41, 5.74) is 1.91. The normalized spacial score (nSPS) is 10.2. The maximum atomic E-state index is 5.78. The molecule has 2 aromatic carbocycles. The Morgan fingerprint density at radius 3 is 1.57 bits per heavy atom. The molecule has 21 heavy (non-hydrogen) atoms. The third-order valence-electron chi connectivity index (χ3n) is 2.97. The van der Waals surface area contributed by atoms with Crippen molar-refractivity contribution in [1.29, 1.82) is 0 Å². The Bertz CT molecular complexity index is 505. The number of nitrogens with one attached hydrogen (secondary N) is 1. The van der Waals surface area contributed by atoms with Gasteiger partial charge in [-0.25, -0.2) is 0 Å². The van der Waals surface area contributed by atoms with Crippen molar-refractivity contribution in [2.75, 3.05) is 18.5 Å². The Morgan fingerprint density at radius 2 is 1.14 bits per heavy atom. The minimum absolute atomic E-state index is 0.715. The highest BCUT2D eigenvalue weighted by atomic mass is 16.5. The zero-order chi connectivity index (χ0) is 14.9. The van der Waals surface area contributed by atoms with Gasteiger partial charge in [0.15, 0.2) is 0 Å². The second-order valence-corrected chi connectivity index (χ2v) is 4.81. The summed E-state index contributed by atoms with van der Waals surface area (Å²) in [4.78, 5) is 0. The molecule has 0 bridgehead atoms. The summed E-state index contributed by atoms with van der Waals surface area (Å²) in [5.74, 6) is 1.73. The van der Waals surface area contributed by atoms with E-state index in [1.54, 1.807) is 0 Å². The number of benzene rings is 2. The quantitative estimate of drug-likeness (QED) is 0.739. The summed E-state index contributed by atoms with van der Waals surface area (Å²) in [7, 11) is 0. The topological polar surface area (TPSA) is 30.5 Å². The predicted octanol–water partition coefficient (Wildman–Crippen LogP) is 5.01. The van der Waals surface area contributed by atoms with E-state index >= 15 is 0 Å². The number of rotatable bonds is 8. The second-order valence-electron chi connectivity index (χ2n) is 4.81. The Hall–Kier alpha value is -2.16. The molecule has 0 atom stereocenters. The van der Waals surface area contributed by atoms with Crippen LogP contribution in [-0.2, 0) is 0 Å². The van der Waals surface area contributed by atoms with Gasteiger partial charge in [-0.1, -0.05) is 38.1 Å². The van der Waals surface area contributed by atoms with Crippen molar-refractivity contribution >= 4 is 11.4 Å². The summed E-state index contributed by atoms with van der Waals surface area (Å²) in [6, 6.07) is 15.9. The maximum absolute atomic E-state index is 5.78. The Morgan fingerprint density at radius 1 is 0.714 bits per heavy atom. The average molecular weight is 285 g/mol. The third-order valence-corrected chi connectivity index (χ3v) is 2.97. The molecule has 0 aliphatic heterocycles. The minimum Gasteiger partial charge on any atom is -0.491 e. The van der Waals surface area contributed by atoms with Crippen LogP contribution in [0.15, 0.2) is 48.5 Å². The van der Waals surface area contributed by atoms with Crippen LogP contribution < -0.4 is 14.8 Å². The molecule has 1 N–H and O–H groups in total. The first-order chi connectivity index (χ1) is 10.3. The van der Waals surface area contributed by atoms with Crippen LogP contribution in [0.4, 0.5) is 11.4 Å². The van der Waals surface area contributed by atoms with Crippen molar-refractivity contribution in [3.05, 3.63) is 48.5 Å². The van der Waals surface area contributed by atoms with Crippen LogP contribution in [0.25, 0.3) is 0 Å². The molecular formula is C18H23NO2. The SMILES string of the molecule is CCCOc1ccccc1Nc1ccccc1OCCC. The highest BCUT2D eigenvalue weighted by molar-refractivity contribution is 5.70. The fraction of sp³-hybridized carbons (Fsp3) is 0.333. The van der Waals surface area contributed by atoms with Gasteiger partial charge < -0.3 is 14.8 Å². The van der Waals surface area contributed by atoms with Gasteiger partial charge in [0, 0.05) is 0 Å². The molecule has 0 heterocycles. The van der Waals surface area contributed by atoms with Crippen LogP contribution in [0.3, 0.4) is 0 Å². The third kappa shape index (κ3) is 4.42. The lowest BCUT2D eigenvalue weighted by atomic mass is 10.2. The van der Waals surface area contributed by atoms with Crippen LogP contribution in [0.1, 0.15) is 26.7 Å². The number of hydrogen-bond acceptors (Lipinski definition) is 3. The summed E-state index contributed by atoms with van der Waals surface area (Å²) < 4.78 is 11.6. The average Bonchev–Trinajstić information content (AvgIpc) is 2.53. The van der Waals surface area contributed by atoms with E-state index in [2.05, 4.69) is 19.2 Å². The predicted molar refractivity (Wildman–Crippen MR) is 87.7 cm³/mol. The molecule has 0 aliphatic carbocycles. The van der Waals surface area contributed by atoms with E-state index < -0.39 is 0 Å². The molecule has 2 rings (SSSR count). The number of para-hydroxylation sites is 4. The molecule has 0 spiro atoms. The van der Waals surface area contributed by atoms with E-state index in [9.17, 15) is 0 Å². The van der Waals surface area contributed by atoms with Gasteiger partial charge in [0.05, 0.1) is 24.6 Å². The van der Waals surface area contributed by atoms with E-state index in [0.29, 0.717) is 13.2 Å². The van der Waals surface area contributed by atoms with Crippen molar-refractivity contribution in [2.45, 2.75) is 26.7 Å². The monoisotopic (exact) mass is 285 g/mol. The smallest absolute Gasteiger partial charge is 0.142 e. The molecule has 0 amide bonds. The highest BCUT2D eigenvalue weighted by Crippen LogP contribution is 2.32. The summed E-state index contributed by atoms with van der Waals surface area (Å²) in [5, 5.41) is 3.41. The van der Waals surface area contributed by atoms with Gasteiger partial charge in [0.25, 0.3) is 0 Å². The number of anilines is 2. The largest absolute Gasteiger partial charge is 0.491 e. The van der Waals surface area contributed by atoms with Crippen LogP contribution in [0.2, 0.25) is 0 Å². The fourth-order valence-electron chi connectivity index (χ4n) is 1.96. The Balaban J connectivity index is 2.18. The standard InChI is InChI=1S/C18H23NO2/c1-3-13-20-17-11-7-5-9-15(17)19-16-10-6-8-12-18(16)21-14-4-2/h5-12,19H,3-4,13-14H2,1-2H3. The van der Waals surface area contributed by atoms with Crippen molar-refractivity contribution < 1.29 is 9.47 Å². The summed E-state index contributed by atoms with van der Waals surface area (Å²) in [6.45, 7) is 5.63. The molecule has 112 valence electrons. The molecular weight excluding hydrogens is 262 g/mol. The van der Waals surface area contributed by atoms with E-state index in [4.69, 9.17) is 9.47 Å². The van der Waals surface area contributed by atoms with Gasteiger partial charge in [0.1, 0.15) is 11.5 Å². The molecule has 0 aliphatic rings. The molecule has 0 aromatic heterocycles. The van der Waals surface area contributed by atoms with Crippen LogP contribution in [0.5, 0.6) is 11.5 Å². The van der Waals surface area contributed by atoms with Crippen molar-refractivity contribution in [2.24, 2.45) is 0 Å². The van der Waals surface area contributed by atoms with Gasteiger partial charge in [-0.05, 0) is 37.1 Å². The van der Waals surface area contributed by atoms with Gasteiger partial charge in [-0.3, -0.25) is 0 Å². The lowest BCUT2D eigenvalue weighted by Crippen LogP contribution is -2.02. The van der Waals surface area contributed by atoms with Crippen molar-refractivity contribution in [1.82, 2.24) is 0 Å². The number of ether oxygens (including phenoxy) is 2. The van der Waals surface area contributed by atoms with E-state index in [-0.39, 0.29) is 0 Å². The van der Waals surface area contributed by atoms with E-state index in [0.717, 1.165) is 35.7 Å². The summed E-state index contributed by atoms with van der Waals surface area (Å²) >= 11 is 0. The Kier molecular flexibility index (Phi) is 5.95. The lowest BCUT2D eigenvalue weighted by molar-refractivity contribution is 0.317. The van der Waals surface area contributed by atoms with Crippen molar-refractivity contribution in [3.63, 3.8) is 0 Å². The van der Waals surface area contributed by atoms with Crippen LogP contribution >= 0.6 is 0 Å². The molecule has 0 radical (unpaired) electrons. The lowest BCUT2D eigenvalue weighted by Gasteiger charge is -2.15. The molecule has 3 heteroatoms. The maximum Gasteiger partial charge on any atom is 0.142 e. The van der Waals surface area contributed by atoms with Crippen molar-refractivity contribution in [3.8, 4) is 11.5 Å². The first-order valence-electron chi connectivity index (χ1n) is 7.55. The van der Waals surface area contributed by atoms with Crippen LogP contribution in [-0.4, -0.2) is 13.2 Å². The minimum atomic E-state index is 0.715. The zero-order valence-corrected chi connectivity index (χ0v) is 12.8. The first-order valence-corrected chi connectivity index (χ1v) is 7.55. The van der Waals surface area contributed by atoms with Gasteiger partial charge >= 0.3 is 0 Å². The highest BCUT2D eigenvalue weighted by Gasteiger charge is 2.07. The second kappa shape index (κ2) is 8.20. The molecule has 0 unspecified atom stereocenters. The molecule has 0 fully saturated rings. The van der Waals surface area contributed by atoms with Gasteiger partial charge in [-0.2, -0.15) is 0 Å². The first kappa shape index (κ1) is 15.2. The number of hydrogen-bond donors (Lipinski definition) is 1. The zero-order valence-electron chi connectivity index (χ0n) is 12.8. The molecule has 0 saturated heterocycles. The summed E-state index contributed by atoms with van der Waals surface area (Å²) in [6.07, 6.45) is 1.98. The van der Waals surface area contributed by atoms with Gasteiger partial charge in [0.2, 0.25) is 0 Å². The fourth-order valence-corrected chi connectivity index (χ4v) is 1.96. The molecule has 0 saturated carbocycles. The van der Waals surface area contributed by atoms with E-state index in [1.165, 1.54) is 0 Å². The molecule has 2 aromatic rings. The van der Waals surface area contributed by atoms with E-state index in [1.807, 2.05) is 48.5 Å². The Labute approximate surface area is 126 Å². The van der Waals surface area contributed by atoms with Crippen LogP contribution in [0, 0.1) is 0 Å². The van der Waals surface area contributed by atoms with Gasteiger partial charge in [-0.15, -0.1) is 0 Å².